The van der Waals surface area contributed by atoms with Crippen molar-refractivity contribution >= 4 is 23.5 Å². The number of carbonyl (C=O) groups is 3. The Kier molecular flexibility index (Phi) is 3.66. The number of rotatable bonds is 2. The number of amides is 4. The first-order valence-electron chi connectivity index (χ1n) is 8.20. The molecular formula is C18H23N3O3. The molecule has 0 aromatic heterocycles. The maximum absolute atomic E-state index is 13.1. The van der Waals surface area contributed by atoms with E-state index in [-0.39, 0.29) is 17.9 Å². The number of para-hydroxylation sites is 1. The number of imide groups is 1. The molecule has 0 aliphatic carbocycles. The fourth-order valence-corrected chi connectivity index (χ4v) is 3.48. The maximum atomic E-state index is 13.1. The second-order valence-electron chi connectivity index (χ2n) is 7.14. The SMILES string of the molecule is CC(C(=O)N1c2ccccc2CC1C)N1C(=O)N(C)C(C)(C)C1=O. The molecule has 24 heavy (non-hydrogen) atoms. The minimum absolute atomic E-state index is 0.0101. The Hall–Kier alpha value is -2.37. The summed E-state index contributed by atoms with van der Waals surface area (Å²) >= 11 is 0. The van der Waals surface area contributed by atoms with Crippen LogP contribution in [0.1, 0.15) is 33.3 Å². The largest absolute Gasteiger partial charge is 0.328 e. The molecule has 1 aromatic carbocycles. The first kappa shape index (κ1) is 16.5. The van der Waals surface area contributed by atoms with Gasteiger partial charge in [0.05, 0.1) is 0 Å². The molecule has 6 nitrogen and oxygen atoms in total. The molecule has 1 saturated heterocycles. The van der Waals surface area contributed by atoms with Crippen molar-refractivity contribution in [2.45, 2.75) is 51.7 Å². The van der Waals surface area contributed by atoms with E-state index < -0.39 is 17.6 Å². The third-order valence-corrected chi connectivity index (χ3v) is 5.26. The summed E-state index contributed by atoms with van der Waals surface area (Å²) in [5, 5.41) is 0. The average Bonchev–Trinajstić information content (AvgIpc) is 2.94. The smallest absolute Gasteiger partial charge is 0.313 e. The van der Waals surface area contributed by atoms with Gasteiger partial charge in [-0.1, -0.05) is 18.2 Å². The Labute approximate surface area is 142 Å². The molecule has 4 amide bonds. The van der Waals surface area contributed by atoms with Crippen LogP contribution in [0.25, 0.3) is 0 Å². The Morgan fingerprint density at radius 2 is 1.88 bits per heavy atom. The van der Waals surface area contributed by atoms with Crippen LogP contribution in [0, 0.1) is 0 Å². The third-order valence-electron chi connectivity index (χ3n) is 5.26. The van der Waals surface area contributed by atoms with Crippen molar-refractivity contribution in [2.75, 3.05) is 11.9 Å². The van der Waals surface area contributed by atoms with Gasteiger partial charge >= 0.3 is 6.03 Å². The zero-order valence-electron chi connectivity index (χ0n) is 14.7. The number of likely N-dealkylation sites (N-methyl/N-ethyl adjacent to an activating group) is 1. The van der Waals surface area contributed by atoms with E-state index in [1.165, 1.54) is 4.90 Å². The Balaban J connectivity index is 1.91. The van der Waals surface area contributed by atoms with Crippen molar-refractivity contribution in [2.24, 2.45) is 0 Å². The number of anilines is 1. The van der Waals surface area contributed by atoms with Crippen molar-refractivity contribution in [3.8, 4) is 0 Å². The Morgan fingerprint density at radius 3 is 2.46 bits per heavy atom. The van der Waals surface area contributed by atoms with E-state index in [0.717, 1.165) is 22.6 Å². The van der Waals surface area contributed by atoms with Crippen molar-refractivity contribution in [3.63, 3.8) is 0 Å². The molecule has 0 N–H and O–H groups in total. The van der Waals surface area contributed by atoms with Gasteiger partial charge in [0.1, 0.15) is 11.6 Å². The lowest BCUT2D eigenvalue weighted by Gasteiger charge is -2.29. The van der Waals surface area contributed by atoms with Crippen LogP contribution in [-0.4, -0.2) is 52.3 Å². The van der Waals surface area contributed by atoms with E-state index in [9.17, 15) is 14.4 Å². The number of benzene rings is 1. The van der Waals surface area contributed by atoms with E-state index in [0.29, 0.717) is 0 Å². The predicted octanol–water partition coefficient (Wildman–Crippen LogP) is 2.03. The fourth-order valence-electron chi connectivity index (χ4n) is 3.48. The lowest BCUT2D eigenvalue weighted by Crippen LogP contribution is -2.52. The highest BCUT2D eigenvalue weighted by molar-refractivity contribution is 6.11. The molecule has 3 rings (SSSR count). The van der Waals surface area contributed by atoms with Gasteiger partial charge in [-0.2, -0.15) is 0 Å². The Bertz CT molecular complexity index is 728. The number of urea groups is 1. The lowest BCUT2D eigenvalue weighted by molar-refractivity contribution is -0.137. The number of hydrogen-bond acceptors (Lipinski definition) is 3. The molecule has 2 aliphatic rings. The van der Waals surface area contributed by atoms with Gasteiger partial charge in [-0.05, 0) is 45.7 Å². The summed E-state index contributed by atoms with van der Waals surface area (Å²) < 4.78 is 0. The highest BCUT2D eigenvalue weighted by Crippen LogP contribution is 2.34. The van der Waals surface area contributed by atoms with Gasteiger partial charge < -0.3 is 9.80 Å². The summed E-state index contributed by atoms with van der Waals surface area (Å²) in [4.78, 5) is 42.4. The molecule has 0 saturated carbocycles. The summed E-state index contributed by atoms with van der Waals surface area (Å²) in [6, 6.07) is 6.52. The van der Waals surface area contributed by atoms with Crippen molar-refractivity contribution in [3.05, 3.63) is 29.8 Å². The average molecular weight is 329 g/mol. The summed E-state index contributed by atoms with van der Waals surface area (Å²) in [5.74, 6) is -0.559. The van der Waals surface area contributed by atoms with Crippen LogP contribution in [0.3, 0.4) is 0 Å². The molecule has 2 aliphatic heterocycles. The van der Waals surface area contributed by atoms with Crippen LogP contribution in [0.4, 0.5) is 10.5 Å². The van der Waals surface area contributed by atoms with Gasteiger partial charge in [0.25, 0.3) is 5.91 Å². The maximum Gasteiger partial charge on any atom is 0.328 e. The van der Waals surface area contributed by atoms with Crippen LogP contribution < -0.4 is 4.90 Å². The molecule has 2 heterocycles. The molecule has 0 radical (unpaired) electrons. The molecule has 0 spiro atoms. The summed E-state index contributed by atoms with van der Waals surface area (Å²) in [6.45, 7) is 6.99. The first-order chi connectivity index (χ1) is 11.2. The molecule has 1 fully saturated rings. The van der Waals surface area contributed by atoms with Gasteiger partial charge in [-0.25, -0.2) is 9.69 Å². The predicted molar refractivity (Wildman–Crippen MR) is 90.6 cm³/mol. The zero-order valence-corrected chi connectivity index (χ0v) is 14.7. The van der Waals surface area contributed by atoms with Crippen LogP contribution in [0.2, 0.25) is 0 Å². The molecule has 128 valence electrons. The van der Waals surface area contributed by atoms with Gasteiger partial charge in [0.2, 0.25) is 5.91 Å². The van der Waals surface area contributed by atoms with E-state index in [1.54, 1.807) is 32.7 Å². The summed E-state index contributed by atoms with van der Waals surface area (Å²) in [7, 11) is 1.59. The van der Waals surface area contributed by atoms with Gasteiger partial charge in [-0.15, -0.1) is 0 Å². The Morgan fingerprint density at radius 1 is 1.25 bits per heavy atom. The van der Waals surface area contributed by atoms with E-state index in [2.05, 4.69) is 0 Å². The molecule has 6 heteroatoms. The number of fused-ring (bicyclic) bond motifs is 1. The summed E-state index contributed by atoms with van der Waals surface area (Å²) in [6.07, 6.45) is 0.780. The zero-order chi connectivity index (χ0) is 17.8. The highest BCUT2D eigenvalue weighted by Gasteiger charge is 2.53. The molecule has 0 bridgehead atoms. The first-order valence-corrected chi connectivity index (χ1v) is 8.20. The standard InChI is InChI=1S/C18H23N3O3/c1-11-10-13-8-6-7-9-14(13)20(11)15(22)12(2)21-16(23)18(3,4)19(5)17(21)24/h6-9,11-12H,10H2,1-5H3. The monoisotopic (exact) mass is 329 g/mol. The number of nitrogens with zero attached hydrogens (tertiary/aromatic N) is 3. The normalized spacial score (nSPS) is 23.7. The third kappa shape index (κ3) is 2.12. The fraction of sp³-hybridized carbons (Fsp3) is 0.500. The number of hydrogen-bond donors (Lipinski definition) is 0. The molecular weight excluding hydrogens is 306 g/mol. The highest BCUT2D eigenvalue weighted by atomic mass is 16.2. The van der Waals surface area contributed by atoms with Gasteiger partial charge in [-0.3, -0.25) is 9.59 Å². The lowest BCUT2D eigenvalue weighted by atomic mass is 10.0. The van der Waals surface area contributed by atoms with Crippen LogP contribution in [-0.2, 0) is 16.0 Å². The van der Waals surface area contributed by atoms with Gasteiger partial charge in [0, 0.05) is 18.8 Å². The minimum Gasteiger partial charge on any atom is -0.313 e. The van der Waals surface area contributed by atoms with Crippen LogP contribution >= 0.6 is 0 Å². The van der Waals surface area contributed by atoms with E-state index in [4.69, 9.17) is 0 Å². The van der Waals surface area contributed by atoms with Crippen molar-refractivity contribution < 1.29 is 14.4 Å². The van der Waals surface area contributed by atoms with Crippen molar-refractivity contribution in [1.82, 2.24) is 9.80 Å². The quantitative estimate of drug-likeness (QED) is 0.780. The van der Waals surface area contributed by atoms with Crippen LogP contribution in [0.15, 0.2) is 24.3 Å². The van der Waals surface area contributed by atoms with Gasteiger partial charge in [0.15, 0.2) is 0 Å². The molecule has 2 unspecified atom stereocenters. The molecule has 1 aromatic rings. The van der Waals surface area contributed by atoms with E-state index in [1.807, 2.05) is 31.2 Å². The molecule has 2 atom stereocenters. The van der Waals surface area contributed by atoms with Crippen molar-refractivity contribution in [1.29, 1.82) is 0 Å². The second kappa shape index (κ2) is 5.33. The van der Waals surface area contributed by atoms with Crippen LogP contribution in [0.5, 0.6) is 0 Å². The number of carbonyl (C=O) groups excluding carboxylic acids is 3. The van der Waals surface area contributed by atoms with E-state index >= 15 is 0 Å². The summed E-state index contributed by atoms with van der Waals surface area (Å²) in [5.41, 5.74) is 1.05. The topological polar surface area (TPSA) is 60.9 Å². The minimum atomic E-state index is -0.930. The second-order valence-corrected chi connectivity index (χ2v) is 7.14.